The monoisotopic (exact) mass is 346 g/mol. The van der Waals surface area contributed by atoms with Gasteiger partial charge in [-0.3, -0.25) is 0 Å². The summed E-state index contributed by atoms with van der Waals surface area (Å²) in [5.41, 5.74) is 2.67. The molecule has 1 aliphatic heterocycles. The van der Waals surface area contributed by atoms with Gasteiger partial charge in [-0.05, 0) is 61.7 Å². The summed E-state index contributed by atoms with van der Waals surface area (Å²) in [5.74, 6) is 2.17. The molecule has 1 heterocycles. The first kappa shape index (κ1) is 16.8. The molecule has 25 heavy (non-hydrogen) atoms. The van der Waals surface area contributed by atoms with Crippen LogP contribution in [0, 0.1) is 28.6 Å². The van der Waals surface area contributed by atoms with Crippen molar-refractivity contribution in [2.45, 2.75) is 76.6 Å². The molecule has 0 aromatic rings. The zero-order valence-electron chi connectivity index (χ0n) is 16.4. The molecule has 3 heteroatoms. The Morgan fingerprint density at radius 2 is 1.72 bits per heavy atom. The van der Waals surface area contributed by atoms with E-state index in [-0.39, 0.29) is 11.4 Å². The van der Waals surface area contributed by atoms with Gasteiger partial charge in [0.25, 0.3) is 0 Å². The maximum Gasteiger partial charge on any atom is 0.171 e. The lowest BCUT2D eigenvalue weighted by molar-refractivity contribution is -0.227. The van der Waals surface area contributed by atoms with Crippen molar-refractivity contribution in [2.75, 3.05) is 20.8 Å². The van der Waals surface area contributed by atoms with Gasteiger partial charge in [0.2, 0.25) is 0 Å². The molecule has 5 aliphatic rings. The average molecular weight is 347 g/mol. The van der Waals surface area contributed by atoms with Crippen LogP contribution in [0.4, 0.5) is 0 Å². The van der Waals surface area contributed by atoms with E-state index in [1.807, 2.05) is 0 Å². The van der Waals surface area contributed by atoms with E-state index >= 15 is 0 Å². The van der Waals surface area contributed by atoms with Crippen LogP contribution in [-0.2, 0) is 14.2 Å². The number of allylic oxidation sites excluding steroid dienone is 1. The number of ether oxygens (including phenoxy) is 3. The zero-order chi connectivity index (χ0) is 17.5. The largest absolute Gasteiger partial charge is 0.369 e. The Labute approximate surface area is 152 Å². The third-order valence-electron chi connectivity index (χ3n) is 9.64. The number of fused-ring (bicyclic) bond motifs is 6. The standard InChI is InChI=1S/C22H34O3/c1-19-11-12-22(23-3,24-4)13-15(19)5-6-16-17(19)7-9-20(2)18(16)8-10-21(20)14-25-21/h5,16-18H,6-14H2,1-4H3/t16-,17+,18+,19+,20+,21-/m1/s1. The summed E-state index contributed by atoms with van der Waals surface area (Å²) < 4.78 is 17.6. The van der Waals surface area contributed by atoms with Crippen molar-refractivity contribution in [2.24, 2.45) is 28.6 Å². The number of epoxide rings is 1. The van der Waals surface area contributed by atoms with Crippen LogP contribution in [0.25, 0.3) is 0 Å². The fourth-order valence-electron chi connectivity index (χ4n) is 7.69. The molecule has 4 aliphatic carbocycles. The van der Waals surface area contributed by atoms with Crippen LogP contribution in [0.2, 0.25) is 0 Å². The third-order valence-corrected chi connectivity index (χ3v) is 9.64. The Hall–Kier alpha value is -0.380. The molecule has 0 unspecified atom stereocenters. The Morgan fingerprint density at radius 3 is 2.40 bits per heavy atom. The van der Waals surface area contributed by atoms with Crippen LogP contribution in [0.1, 0.15) is 65.2 Å². The molecule has 6 atom stereocenters. The van der Waals surface area contributed by atoms with E-state index in [0.29, 0.717) is 10.8 Å². The molecule has 0 amide bonds. The molecule has 0 radical (unpaired) electrons. The molecule has 3 nitrogen and oxygen atoms in total. The fraction of sp³-hybridized carbons (Fsp3) is 0.909. The fourth-order valence-corrected chi connectivity index (χ4v) is 7.69. The van der Waals surface area contributed by atoms with Crippen molar-refractivity contribution < 1.29 is 14.2 Å². The number of hydrogen-bond acceptors (Lipinski definition) is 3. The molecular formula is C22H34O3. The van der Waals surface area contributed by atoms with Gasteiger partial charge >= 0.3 is 0 Å². The minimum atomic E-state index is -0.388. The molecule has 0 bridgehead atoms. The Bertz CT molecular complexity index is 602. The number of rotatable bonds is 2. The molecular weight excluding hydrogens is 312 g/mol. The van der Waals surface area contributed by atoms with Crippen LogP contribution in [0.15, 0.2) is 11.6 Å². The molecule has 0 aromatic heterocycles. The van der Waals surface area contributed by atoms with Gasteiger partial charge in [-0.25, -0.2) is 0 Å². The second kappa shape index (κ2) is 5.11. The van der Waals surface area contributed by atoms with Crippen LogP contribution in [0.3, 0.4) is 0 Å². The zero-order valence-corrected chi connectivity index (χ0v) is 16.4. The summed E-state index contributed by atoms with van der Waals surface area (Å²) in [6.45, 7) is 6.13. The van der Waals surface area contributed by atoms with Crippen LogP contribution >= 0.6 is 0 Å². The van der Waals surface area contributed by atoms with E-state index in [1.54, 1.807) is 19.8 Å². The van der Waals surface area contributed by atoms with Crippen molar-refractivity contribution >= 4 is 0 Å². The highest BCUT2D eigenvalue weighted by atomic mass is 16.7. The number of methoxy groups -OCH3 is 2. The average Bonchev–Trinajstić information content (AvgIpc) is 3.35. The van der Waals surface area contributed by atoms with Crippen molar-refractivity contribution in [1.82, 2.24) is 0 Å². The third kappa shape index (κ3) is 1.98. The maximum atomic E-state index is 6.05. The first-order valence-electron chi connectivity index (χ1n) is 10.4. The topological polar surface area (TPSA) is 31.0 Å². The Kier molecular flexibility index (Phi) is 3.43. The van der Waals surface area contributed by atoms with Gasteiger partial charge in [0.15, 0.2) is 5.79 Å². The highest BCUT2D eigenvalue weighted by Crippen LogP contribution is 2.70. The van der Waals surface area contributed by atoms with Gasteiger partial charge in [0.05, 0.1) is 12.2 Å². The molecule has 1 spiro atoms. The predicted octanol–water partition coefficient (Wildman–Crippen LogP) is 4.71. The van der Waals surface area contributed by atoms with Crippen molar-refractivity contribution in [1.29, 1.82) is 0 Å². The van der Waals surface area contributed by atoms with Gasteiger partial charge in [0.1, 0.15) is 0 Å². The lowest BCUT2D eigenvalue weighted by Gasteiger charge is -2.59. The highest BCUT2D eigenvalue weighted by Gasteiger charge is 2.69. The van der Waals surface area contributed by atoms with E-state index in [2.05, 4.69) is 19.9 Å². The van der Waals surface area contributed by atoms with Crippen molar-refractivity contribution in [3.8, 4) is 0 Å². The van der Waals surface area contributed by atoms with Gasteiger partial charge in [-0.2, -0.15) is 0 Å². The van der Waals surface area contributed by atoms with Gasteiger partial charge in [-0.1, -0.05) is 25.5 Å². The summed E-state index contributed by atoms with van der Waals surface area (Å²) >= 11 is 0. The summed E-state index contributed by atoms with van der Waals surface area (Å²) in [6, 6.07) is 0. The first-order chi connectivity index (χ1) is 11.9. The maximum absolute atomic E-state index is 6.05. The van der Waals surface area contributed by atoms with Crippen LogP contribution in [0.5, 0.6) is 0 Å². The van der Waals surface area contributed by atoms with E-state index in [1.165, 1.54) is 38.5 Å². The molecule has 5 rings (SSSR count). The quantitative estimate of drug-likeness (QED) is 0.412. The summed E-state index contributed by atoms with van der Waals surface area (Å²) in [6.07, 6.45) is 12.4. The Balaban J connectivity index is 1.47. The summed E-state index contributed by atoms with van der Waals surface area (Å²) in [7, 11) is 3.61. The lowest BCUT2D eigenvalue weighted by Crippen LogP contribution is -2.53. The second-order valence-electron chi connectivity index (χ2n) is 10.0. The summed E-state index contributed by atoms with van der Waals surface area (Å²) in [4.78, 5) is 0. The van der Waals surface area contributed by atoms with Crippen molar-refractivity contribution in [3.05, 3.63) is 11.6 Å². The van der Waals surface area contributed by atoms with Crippen LogP contribution in [-0.4, -0.2) is 32.2 Å². The molecule has 0 N–H and O–H groups in total. The van der Waals surface area contributed by atoms with E-state index in [4.69, 9.17) is 14.2 Å². The molecule has 140 valence electrons. The minimum absolute atomic E-state index is 0.265. The predicted molar refractivity (Wildman–Crippen MR) is 97.1 cm³/mol. The smallest absolute Gasteiger partial charge is 0.171 e. The molecule has 4 fully saturated rings. The molecule has 3 saturated carbocycles. The van der Waals surface area contributed by atoms with E-state index in [0.717, 1.165) is 37.2 Å². The van der Waals surface area contributed by atoms with E-state index < -0.39 is 0 Å². The van der Waals surface area contributed by atoms with E-state index in [9.17, 15) is 0 Å². The summed E-state index contributed by atoms with van der Waals surface area (Å²) in [5, 5.41) is 0. The normalized spacial score (nSPS) is 53.0. The highest BCUT2D eigenvalue weighted by molar-refractivity contribution is 5.28. The van der Waals surface area contributed by atoms with Gasteiger partial charge < -0.3 is 14.2 Å². The second-order valence-corrected chi connectivity index (χ2v) is 10.0. The number of hydrogen-bond donors (Lipinski definition) is 0. The molecule has 0 aromatic carbocycles. The first-order valence-corrected chi connectivity index (χ1v) is 10.4. The van der Waals surface area contributed by atoms with Crippen LogP contribution < -0.4 is 0 Å². The van der Waals surface area contributed by atoms with Gasteiger partial charge in [-0.15, -0.1) is 0 Å². The Morgan fingerprint density at radius 1 is 1.00 bits per heavy atom. The lowest BCUT2D eigenvalue weighted by atomic mass is 9.47. The SMILES string of the molecule is COC1(OC)CC[C@@]2(C)C(=CC[C@@H]3[C@@H]2CC[C@@]2(C)[C@H]3CC[C@@]23CO3)C1. The minimum Gasteiger partial charge on any atom is -0.369 e. The van der Waals surface area contributed by atoms with Crippen molar-refractivity contribution in [3.63, 3.8) is 0 Å². The molecule has 1 saturated heterocycles. The van der Waals surface area contributed by atoms with Gasteiger partial charge in [0, 0.05) is 32.5 Å².